The Morgan fingerprint density at radius 2 is 1.61 bits per heavy atom. The molecule has 0 radical (unpaired) electrons. The van der Waals surface area contributed by atoms with Crippen LogP contribution in [0.4, 0.5) is 13.2 Å². The number of benzene rings is 3. The zero-order chi connectivity index (χ0) is 36.8. The number of hydrogen-bond donors (Lipinski definition) is 4. The van der Waals surface area contributed by atoms with Crippen molar-refractivity contribution in [3.05, 3.63) is 120 Å². The summed E-state index contributed by atoms with van der Waals surface area (Å²) in [6.07, 6.45) is 4.92. The highest BCUT2D eigenvalue weighted by atomic mass is 19.4. The number of carboxylic acid groups (broad SMARTS) is 1. The standard InChI is InChI=1S/C37H41N3O4.C2HF3O2/c38-24-28-5-1-6-29(21-28)25-39-37(43)33-10-3-9-32(23-33)31-8-2-7-30(22-31)26-40(19-18-27-12-14-34(41)15-13-27)36(42)17-16-35-11-4-20-44-35;3-2(4,5)1(6)7/h2-4,7-17,20,22-23,28-29,41H,1,5-6,18-19,21,24-26,38H2,(H,39,43);(H,6,7). The third-order valence-electron chi connectivity index (χ3n) is 8.63. The van der Waals surface area contributed by atoms with Gasteiger partial charge in [-0.1, -0.05) is 48.9 Å². The van der Waals surface area contributed by atoms with Crippen molar-refractivity contribution in [1.29, 1.82) is 0 Å². The van der Waals surface area contributed by atoms with E-state index in [1.54, 1.807) is 41.5 Å². The van der Waals surface area contributed by atoms with E-state index >= 15 is 0 Å². The first kappa shape index (κ1) is 38.4. The van der Waals surface area contributed by atoms with E-state index in [9.17, 15) is 27.9 Å². The molecule has 1 saturated carbocycles. The molecular formula is C39H42F3N3O6. The molecule has 9 nitrogen and oxygen atoms in total. The highest BCUT2D eigenvalue weighted by molar-refractivity contribution is 5.95. The van der Waals surface area contributed by atoms with Crippen LogP contribution >= 0.6 is 0 Å². The number of phenols is 1. The van der Waals surface area contributed by atoms with Crippen molar-refractivity contribution in [2.45, 2.75) is 44.8 Å². The van der Waals surface area contributed by atoms with Crippen LogP contribution in [0.2, 0.25) is 0 Å². The summed E-state index contributed by atoms with van der Waals surface area (Å²) in [6, 6.07) is 26.4. The van der Waals surface area contributed by atoms with E-state index in [1.165, 1.54) is 18.9 Å². The fourth-order valence-corrected chi connectivity index (χ4v) is 5.89. The summed E-state index contributed by atoms with van der Waals surface area (Å²) in [5.41, 5.74) is 10.5. The van der Waals surface area contributed by atoms with Gasteiger partial charge in [-0.25, -0.2) is 4.79 Å². The zero-order valence-corrected chi connectivity index (χ0v) is 28.0. The fraction of sp³-hybridized carbons (Fsp3) is 0.308. The third kappa shape index (κ3) is 12.5. The van der Waals surface area contributed by atoms with Gasteiger partial charge in [-0.05, 0) is 115 Å². The molecule has 2 atom stereocenters. The molecule has 0 saturated heterocycles. The number of alkyl halides is 3. The summed E-state index contributed by atoms with van der Waals surface area (Å²) in [7, 11) is 0. The molecule has 0 bridgehead atoms. The number of nitrogens with zero attached hydrogens (tertiary/aromatic N) is 1. The van der Waals surface area contributed by atoms with Gasteiger partial charge in [0.15, 0.2) is 0 Å². The van der Waals surface area contributed by atoms with Gasteiger partial charge in [-0.2, -0.15) is 13.2 Å². The Hall–Kier alpha value is -5.36. The number of nitrogens with two attached hydrogens (primary N) is 1. The summed E-state index contributed by atoms with van der Waals surface area (Å²) >= 11 is 0. The summed E-state index contributed by atoms with van der Waals surface area (Å²) in [6.45, 7) is 2.31. The Balaban J connectivity index is 0.000000755. The quantitative estimate of drug-likeness (QED) is 0.115. The van der Waals surface area contributed by atoms with Gasteiger partial charge in [-0.3, -0.25) is 9.59 Å². The SMILES string of the molecule is NCC1CCCC(CNC(=O)c2cccc(-c3cccc(CN(CCc4ccc(O)cc4)C(=O)C=Cc4ccco4)c3)c2)C1.O=C(O)C(F)(F)F. The van der Waals surface area contributed by atoms with Gasteiger partial charge in [0, 0.05) is 31.3 Å². The topological polar surface area (TPSA) is 146 Å². The van der Waals surface area contributed by atoms with Crippen molar-refractivity contribution in [3.63, 3.8) is 0 Å². The average molecular weight is 706 g/mol. The van der Waals surface area contributed by atoms with Crippen LogP contribution in [0.3, 0.4) is 0 Å². The summed E-state index contributed by atoms with van der Waals surface area (Å²) in [5.74, 6) is -1.07. The minimum Gasteiger partial charge on any atom is -0.508 e. The van der Waals surface area contributed by atoms with Gasteiger partial charge in [0.05, 0.1) is 6.26 Å². The summed E-state index contributed by atoms with van der Waals surface area (Å²) in [5, 5.41) is 19.9. The van der Waals surface area contributed by atoms with Gasteiger partial charge in [0.1, 0.15) is 11.5 Å². The Labute approximate surface area is 294 Å². The smallest absolute Gasteiger partial charge is 0.490 e. The average Bonchev–Trinajstić information content (AvgIpc) is 3.66. The number of rotatable bonds is 12. The lowest BCUT2D eigenvalue weighted by molar-refractivity contribution is -0.192. The Kier molecular flexibility index (Phi) is 14.0. The minimum absolute atomic E-state index is 0.0628. The number of phenolic OH excluding ortho intramolecular Hbond substituents is 1. The predicted molar refractivity (Wildman–Crippen MR) is 187 cm³/mol. The molecule has 0 aliphatic heterocycles. The third-order valence-corrected chi connectivity index (χ3v) is 8.63. The molecule has 270 valence electrons. The van der Waals surface area contributed by atoms with Gasteiger partial charge in [0.2, 0.25) is 5.91 Å². The van der Waals surface area contributed by atoms with E-state index in [2.05, 4.69) is 11.4 Å². The molecule has 1 aliphatic rings. The molecule has 51 heavy (non-hydrogen) atoms. The summed E-state index contributed by atoms with van der Waals surface area (Å²) < 4.78 is 37.1. The molecule has 5 N–H and O–H groups in total. The lowest BCUT2D eigenvalue weighted by Gasteiger charge is -2.28. The molecule has 0 spiro atoms. The normalized spacial score (nSPS) is 15.8. The molecule has 1 aliphatic carbocycles. The highest BCUT2D eigenvalue weighted by Gasteiger charge is 2.38. The van der Waals surface area contributed by atoms with Crippen molar-refractivity contribution in [2.75, 3.05) is 19.6 Å². The van der Waals surface area contributed by atoms with Gasteiger partial charge in [0.25, 0.3) is 5.91 Å². The largest absolute Gasteiger partial charge is 0.508 e. The van der Waals surface area contributed by atoms with E-state index < -0.39 is 12.1 Å². The predicted octanol–water partition coefficient (Wildman–Crippen LogP) is 7.07. The first-order chi connectivity index (χ1) is 24.4. The lowest BCUT2D eigenvalue weighted by atomic mass is 9.81. The monoisotopic (exact) mass is 705 g/mol. The molecule has 1 heterocycles. The number of furan rings is 1. The Bertz CT molecular complexity index is 1760. The maximum Gasteiger partial charge on any atom is 0.490 e. The number of amides is 2. The lowest BCUT2D eigenvalue weighted by Crippen LogP contribution is -2.33. The number of carbonyl (C=O) groups is 3. The maximum atomic E-state index is 13.3. The summed E-state index contributed by atoms with van der Waals surface area (Å²) in [4.78, 5) is 37.1. The molecule has 2 amide bonds. The van der Waals surface area contributed by atoms with Crippen molar-refractivity contribution in [3.8, 4) is 16.9 Å². The number of aromatic hydroxyl groups is 1. The first-order valence-corrected chi connectivity index (χ1v) is 16.7. The number of aliphatic carboxylic acids is 1. The van der Waals surface area contributed by atoms with Gasteiger partial charge in [-0.15, -0.1) is 0 Å². The second kappa shape index (κ2) is 18.6. The first-order valence-electron chi connectivity index (χ1n) is 16.7. The molecule has 4 aromatic rings. The highest BCUT2D eigenvalue weighted by Crippen LogP contribution is 2.28. The molecule has 5 rings (SSSR count). The van der Waals surface area contributed by atoms with Crippen molar-refractivity contribution >= 4 is 23.9 Å². The van der Waals surface area contributed by atoms with Crippen LogP contribution in [0.5, 0.6) is 5.75 Å². The molecule has 1 fully saturated rings. The van der Waals surface area contributed by atoms with Gasteiger partial charge >= 0.3 is 12.1 Å². The molecular weight excluding hydrogens is 663 g/mol. The van der Waals surface area contributed by atoms with Crippen LogP contribution in [0, 0.1) is 11.8 Å². The van der Waals surface area contributed by atoms with Crippen LogP contribution in [0.1, 0.15) is 52.9 Å². The minimum atomic E-state index is -5.08. The van der Waals surface area contributed by atoms with E-state index in [-0.39, 0.29) is 17.6 Å². The molecule has 2 unspecified atom stereocenters. The second-order valence-electron chi connectivity index (χ2n) is 12.5. The zero-order valence-electron chi connectivity index (χ0n) is 28.0. The van der Waals surface area contributed by atoms with Gasteiger partial charge < -0.3 is 30.6 Å². The van der Waals surface area contributed by atoms with Crippen molar-refractivity contribution in [2.24, 2.45) is 17.6 Å². The van der Waals surface area contributed by atoms with E-state index in [0.29, 0.717) is 49.2 Å². The van der Waals surface area contributed by atoms with E-state index in [1.807, 2.05) is 54.6 Å². The molecule has 1 aromatic heterocycles. The van der Waals surface area contributed by atoms with Crippen molar-refractivity contribution in [1.82, 2.24) is 10.2 Å². The van der Waals surface area contributed by atoms with Crippen LogP contribution in [0.15, 0.2) is 102 Å². The molecule has 3 aromatic carbocycles. The Morgan fingerprint density at radius 3 is 2.27 bits per heavy atom. The number of nitrogens with one attached hydrogen (secondary N) is 1. The van der Waals surface area contributed by atoms with Crippen LogP contribution in [-0.2, 0) is 22.6 Å². The Morgan fingerprint density at radius 1 is 0.922 bits per heavy atom. The van der Waals surface area contributed by atoms with E-state index in [4.69, 9.17) is 20.1 Å². The number of hydrogen-bond acceptors (Lipinski definition) is 6. The fourth-order valence-electron chi connectivity index (χ4n) is 5.89. The number of carbonyl (C=O) groups excluding carboxylic acids is 2. The van der Waals surface area contributed by atoms with E-state index in [0.717, 1.165) is 41.6 Å². The van der Waals surface area contributed by atoms with Crippen LogP contribution in [-0.4, -0.2) is 58.7 Å². The van der Waals surface area contributed by atoms with Crippen LogP contribution < -0.4 is 11.1 Å². The van der Waals surface area contributed by atoms with Crippen LogP contribution in [0.25, 0.3) is 17.2 Å². The number of halogens is 3. The number of carboxylic acids is 1. The molecule has 12 heteroatoms. The van der Waals surface area contributed by atoms with Crippen molar-refractivity contribution < 1.29 is 42.2 Å². The maximum absolute atomic E-state index is 13.3. The second-order valence-corrected chi connectivity index (χ2v) is 12.5.